The molecule has 2 atom stereocenters. The van der Waals surface area contributed by atoms with Gasteiger partial charge in [0.2, 0.25) is 0 Å². The highest BCUT2D eigenvalue weighted by Gasteiger charge is 2.44. The summed E-state index contributed by atoms with van der Waals surface area (Å²) in [5.41, 5.74) is -1.12. The third-order valence-corrected chi connectivity index (χ3v) is 3.99. The Morgan fingerprint density at radius 2 is 2.24 bits per heavy atom. The molecule has 7 nitrogen and oxygen atoms in total. The van der Waals surface area contributed by atoms with Crippen LogP contribution in [-0.4, -0.2) is 49.9 Å². The summed E-state index contributed by atoms with van der Waals surface area (Å²) in [4.78, 5) is 25.3. The summed E-state index contributed by atoms with van der Waals surface area (Å²) in [6, 6.07) is 1.37. The van der Waals surface area contributed by atoms with E-state index in [1.54, 1.807) is 17.8 Å². The van der Waals surface area contributed by atoms with E-state index in [0.29, 0.717) is 19.5 Å². The van der Waals surface area contributed by atoms with Gasteiger partial charge in [0, 0.05) is 25.0 Å². The maximum Gasteiger partial charge on any atom is 0.329 e. The van der Waals surface area contributed by atoms with E-state index in [2.05, 4.69) is 10.4 Å². The van der Waals surface area contributed by atoms with Crippen LogP contribution in [0.3, 0.4) is 0 Å². The molecule has 1 aliphatic heterocycles. The molecule has 0 aliphatic carbocycles. The van der Waals surface area contributed by atoms with E-state index in [1.807, 2.05) is 19.2 Å². The molecule has 21 heavy (non-hydrogen) atoms. The summed E-state index contributed by atoms with van der Waals surface area (Å²) in [5, 5.41) is 16.4. The summed E-state index contributed by atoms with van der Waals surface area (Å²) in [7, 11) is 0. The Bertz CT molecular complexity index is 502. The maximum absolute atomic E-state index is 12.4. The van der Waals surface area contributed by atoms with Crippen molar-refractivity contribution in [3.63, 3.8) is 0 Å². The van der Waals surface area contributed by atoms with Crippen LogP contribution in [0.2, 0.25) is 0 Å². The molecule has 116 valence electrons. The number of amides is 2. The van der Waals surface area contributed by atoms with Crippen molar-refractivity contribution in [3.05, 3.63) is 18.5 Å². The normalized spacial score (nSPS) is 23.6. The minimum absolute atomic E-state index is 0.127. The smallest absolute Gasteiger partial charge is 0.329 e. The zero-order valence-corrected chi connectivity index (χ0v) is 12.5. The lowest BCUT2D eigenvalue weighted by Crippen LogP contribution is -2.61. The molecule has 1 aromatic heterocycles. The third kappa shape index (κ3) is 3.34. The highest BCUT2D eigenvalue weighted by molar-refractivity contribution is 5.86. The van der Waals surface area contributed by atoms with Gasteiger partial charge in [-0.2, -0.15) is 5.10 Å². The number of aliphatic carboxylic acids is 1. The molecule has 1 aliphatic rings. The van der Waals surface area contributed by atoms with E-state index < -0.39 is 11.5 Å². The Kier molecular flexibility index (Phi) is 4.50. The van der Waals surface area contributed by atoms with Crippen LogP contribution in [0.5, 0.6) is 0 Å². The summed E-state index contributed by atoms with van der Waals surface area (Å²) in [5.74, 6) is -0.947. The van der Waals surface area contributed by atoms with Crippen LogP contribution in [-0.2, 0) is 11.3 Å². The molecule has 2 amide bonds. The Balaban J connectivity index is 1.99. The minimum atomic E-state index is -1.12. The quantitative estimate of drug-likeness (QED) is 0.876. The fourth-order valence-corrected chi connectivity index (χ4v) is 2.69. The first kappa shape index (κ1) is 15.3. The number of hydrogen-bond acceptors (Lipinski definition) is 3. The number of carbonyl (C=O) groups excluding carboxylic acids is 1. The highest BCUT2D eigenvalue weighted by Crippen LogP contribution is 2.28. The van der Waals surface area contributed by atoms with Gasteiger partial charge in [-0.25, -0.2) is 9.59 Å². The third-order valence-electron chi connectivity index (χ3n) is 3.99. The van der Waals surface area contributed by atoms with Gasteiger partial charge in [-0.3, -0.25) is 4.68 Å². The van der Waals surface area contributed by atoms with Gasteiger partial charge in [0.25, 0.3) is 0 Å². The van der Waals surface area contributed by atoms with Crippen LogP contribution < -0.4 is 5.32 Å². The van der Waals surface area contributed by atoms with Crippen LogP contribution in [0.15, 0.2) is 18.5 Å². The molecule has 0 spiro atoms. The molecule has 0 bridgehead atoms. The second-order valence-electron chi connectivity index (χ2n) is 5.77. The maximum atomic E-state index is 12.4. The van der Waals surface area contributed by atoms with Gasteiger partial charge in [-0.1, -0.05) is 0 Å². The first-order valence-corrected chi connectivity index (χ1v) is 7.22. The molecule has 0 saturated carbocycles. The molecular formula is C14H22N4O3. The Morgan fingerprint density at radius 3 is 2.86 bits per heavy atom. The van der Waals surface area contributed by atoms with Crippen LogP contribution in [0.1, 0.15) is 33.1 Å². The number of hydrogen-bond donors (Lipinski definition) is 2. The molecule has 0 radical (unpaired) electrons. The summed E-state index contributed by atoms with van der Waals surface area (Å²) < 4.78 is 1.73. The second-order valence-corrected chi connectivity index (χ2v) is 5.77. The molecule has 0 aromatic carbocycles. The van der Waals surface area contributed by atoms with Crippen molar-refractivity contribution in [2.75, 3.05) is 6.54 Å². The number of carboxylic acids is 1. The molecule has 2 rings (SSSR count). The summed E-state index contributed by atoms with van der Waals surface area (Å²) in [6.45, 7) is 4.52. The predicted octanol–water partition coefficient (Wildman–Crippen LogP) is 1.31. The molecule has 2 N–H and O–H groups in total. The van der Waals surface area contributed by atoms with E-state index in [-0.39, 0.29) is 12.1 Å². The highest BCUT2D eigenvalue weighted by atomic mass is 16.4. The number of carbonyl (C=O) groups is 2. The van der Waals surface area contributed by atoms with Crippen molar-refractivity contribution in [1.82, 2.24) is 20.0 Å². The molecular weight excluding hydrogens is 272 g/mol. The van der Waals surface area contributed by atoms with Crippen molar-refractivity contribution in [2.45, 2.75) is 51.2 Å². The molecule has 7 heteroatoms. The number of nitrogens with zero attached hydrogens (tertiary/aromatic N) is 3. The van der Waals surface area contributed by atoms with Crippen LogP contribution >= 0.6 is 0 Å². The second kappa shape index (κ2) is 6.15. The van der Waals surface area contributed by atoms with Gasteiger partial charge >= 0.3 is 12.0 Å². The van der Waals surface area contributed by atoms with Gasteiger partial charge in [-0.15, -0.1) is 0 Å². The number of likely N-dealkylation sites (tertiary alicyclic amines) is 1. The largest absolute Gasteiger partial charge is 0.480 e. The molecule has 1 fully saturated rings. The lowest BCUT2D eigenvalue weighted by atomic mass is 9.89. The Morgan fingerprint density at radius 1 is 1.48 bits per heavy atom. The standard InChI is InChI=1S/C14H22N4O3/c1-11(10-17-8-5-7-15-17)16-13(21)18-9-4-3-6-14(18,2)12(19)20/h5,7-8,11H,3-4,6,9-10H2,1-2H3,(H,16,21)(H,19,20). The van der Waals surface area contributed by atoms with Crippen molar-refractivity contribution >= 4 is 12.0 Å². The Hall–Kier alpha value is -2.05. The SMILES string of the molecule is CC(Cn1cccn1)NC(=O)N1CCCCC1(C)C(=O)O. The van der Waals surface area contributed by atoms with Gasteiger partial charge in [0.05, 0.1) is 6.54 Å². The fourth-order valence-electron chi connectivity index (χ4n) is 2.69. The first-order chi connectivity index (χ1) is 9.93. The fraction of sp³-hybridized carbons (Fsp3) is 0.643. The Labute approximate surface area is 123 Å². The molecule has 1 saturated heterocycles. The summed E-state index contributed by atoms with van der Waals surface area (Å²) >= 11 is 0. The van der Waals surface area contributed by atoms with Crippen molar-refractivity contribution in [3.8, 4) is 0 Å². The van der Waals surface area contributed by atoms with Gasteiger partial charge in [0.1, 0.15) is 5.54 Å². The van der Waals surface area contributed by atoms with Crippen molar-refractivity contribution in [2.24, 2.45) is 0 Å². The van der Waals surface area contributed by atoms with Crippen molar-refractivity contribution < 1.29 is 14.7 Å². The molecule has 2 unspecified atom stereocenters. The van der Waals surface area contributed by atoms with Gasteiger partial charge in [0.15, 0.2) is 0 Å². The topological polar surface area (TPSA) is 87.5 Å². The number of piperidine rings is 1. The number of aromatic nitrogens is 2. The average Bonchev–Trinajstić information content (AvgIpc) is 2.91. The lowest BCUT2D eigenvalue weighted by Gasteiger charge is -2.41. The predicted molar refractivity (Wildman–Crippen MR) is 76.8 cm³/mol. The van der Waals surface area contributed by atoms with Crippen LogP contribution in [0.25, 0.3) is 0 Å². The zero-order chi connectivity index (χ0) is 15.5. The van der Waals surface area contributed by atoms with E-state index in [4.69, 9.17) is 0 Å². The lowest BCUT2D eigenvalue weighted by molar-refractivity contribution is -0.150. The number of rotatable bonds is 4. The molecule has 2 heterocycles. The number of nitrogens with one attached hydrogen (secondary N) is 1. The first-order valence-electron chi connectivity index (χ1n) is 7.22. The minimum Gasteiger partial charge on any atom is -0.480 e. The zero-order valence-electron chi connectivity index (χ0n) is 12.5. The van der Waals surface area contributed by atoms with E-state index in [1.165, 1.54) is 4.90 Å². The monoisotopic (exact) mass is 294 g/mol. The summed E-state index contributed by atoms with van der Waals surface area (Å²) in [6.07, 6.45) is 5.66. The van der Waals surface area contributed by atoms with Gasteiger partial charge < -0.3 is 15.3 Å². The van der Waals surface area contributed by atoms with Gasteiger partial charge in [-0.05, 0) is 39.2 Å². The van der Waals surface area contributed by atoms with Crippen LogP contribution in [0, 0.1) is 0 Å². The molecule has 1 aromatic rings. The van der Waals surface area contributed by atoms with Crippen LogP contribution in [0.4, 0.5) is 4.79 Å². The number of urea groups is 1. The van der Waals surface area contributed by atoms with E-state index in [9.17, 15) is 14.7 Å². The number of carboxylic acid groups (broad SMARTS) is 1. The van der Waals surface area contributed by atoms with Crippen molar-refractivity contribution in [1.29, 1.82) is 0 Å². The average molecular weight is 294 g/mol. The van der Waals surface area contributed by atoms with E-state index >= 15 is 0 Å². The van der Waals surface area contributed by atoms with E-state index in [0.717, 1.165) is 12.8 Å².